The Hall–Kier alpha value is -3.21. The topological polar surface area (TPSA) is 92.1 Å². The summed E-state index contributed by atoms with van der Waals surface area (Å²) < 4.78 is 5.12. The number of nitriles is 1. The maximum atomic E-state index is 12.0. The molecule has 1 aromatic heterocycles. The molecule has 0 saturated heterocycles. The molecule has 0 spiro atoms. The fourth-order valence-corrected chi connectivity index (χ4v) is 3.51. The van der Waals surface area contributed by atoms with Gasteiger partial charge in [0.2, 0.25) is 5.91 Å². The second kappa shape index (κ2) is 9.82. The van der Waals surface area contributed by atoms with Crippen molar-refractivity contribution in [3.63, 3.8) is 0 Å². The minimum Gasteiger partial charge on any atom is -0.465 e. The predicted molar refractivity (Wildman–Crippen MR) is 112 cm³/mol. The third kappa shape index (κ3) is 5.88. The second-order valence-corrected chi connectivity index (χ2v) is 7.30. The quantitative estimate of drug-likeness (QED) is 0.564. The Kier molecular flexibility index (Phi) is 6.95. The molecule has 3 rings (SSSR count). The standard InChI is InChI=1S/C21H16ClN3O3S/c22-16-6-3-5-14(10-16)21-24-17(13-29-21)11-20(27)28-9-8-19(26)25-18-7-2-1-4-15(18)12-23/h1-7,10,13H,8-9,11H2,(H,25,26). The van der Waals surface area contributed by atoms with E-state index < -0.39 is 5.97 Å². The van der Waals surface area contributed by atoms with Gasteiger partial charge in [0.1, 0.15) is 17.7 Å². The molecule has 0 aliphatic rings. The monoisotopic (exact) mass is 425 g/mol. The van der Waals surface area contributed by atoms with Crippen molar-refractivity contribution >= 4 is 40.5 Å². The molecule has 0 bridgehead atoms. The molecule has 29 heavy (non-hydrogen) atoms. The van der Waals surface area contributed by atoms with Crippen LogP contribution in [-0.2, 0) is 20.7 Å². The lowest BCUT2D eigenvalue weighted by molar-refractivity contribution is -0.143. The summed E-state index contributed by atoms with van der Waals surface area (Å²) in [6.45, 7) is -0.0509. The van der Waals surface area contributed by atoms with E-state index in [4.69, 9.17) is 21.6 Å². The zero-order valence-corrected chi connectivity index (χ0v) is 16.8. The number of para-hydroxylation sites is 1. The van der Waals surface area contributed by atoms with Gasteiger partial charge in [-0.15, -0.1) is 11.3 Å². The van der Waals surface area contributed by atoms with Crippen LogP contribution in [0.5, 0.6) is 0 Å². The van der Waals surface area contributed by atoms with Crippen molar-refractivity contribution in [1.82, 2.24) is 4.98 Å². The zero-order valence-electron chi connectivity index (χ0n) is 15.2. The number of halogens is 1. The number of carbonyl (C=O) groups is 2. The van der Waals surface area contributed by atoms with Crippen molar-refractivity contribution in [2.24, 2.45) is 0 Å². The summed E-state index contributed by atoms with van der Waals surface area (Å²) in [6.07, 6.45) is 0.0201. The van der Waals surface area contributed by atoms with Crippen LogP contribution in [-0.4, -0.2) is 23.5 Å². The number of carbonyl (C=O) groups excluding carboxylic acids is 2. The van der Waals surface area contributed by atoms with Crippen LogP contribution in [0.3, 0.4) is 0 Å². The van der Waals surface area contributed by atoms with Crippen LogP contribution in [0.4, 0.5) is 5.69 Å². The van der Waals surface area contributed by atoms with Crippen LogP contribution in [0.25, 0.3) is 10.6 Å². The molecule has 0 radical (unpaired) electrons. The van der Waals surface area contributed by atoms with E-state index in [-0.39, 0.29) is 25.4 Å². The van der Waals surface area contributed by atoms with E-state index >= 15 is 0 Å². The zero-order chi connectivity index (χ0) is 20.6. The van der Waals surface area contributed by atoms with E-state index in [1.807, 2.05) is 24.3 Å². The number of anilines is 1. The van der Waals surface area contributed by atoms with E-state index in [1.165, 1.54) is 11.3 Å². The van der Waals surface area contributed by atoms with Gasteiger partial charge in [0, 0.05) is 16.0 Å². The van der Waals surface area contributed by atoms with Crippen molar-refractivity contribution in [3.8, 4) is 16.6 Å². The number of benzene rings is 2. The number of amides is 1. The highest BCUT2D eigenvalue weighted by Gasteiger charge is 2.12. The number of esters is 1. The normalized spacial score (nSPS) is 10.2. The highest BCUT2D eigenvalue weighted by atomic mass is 35.5. The van der Waals surface area contributed by atoms with Crippen molar-refractivity contribution in [1.29, 1.82) is 5.26 Å². The molecule has 2 aromatic carbocycles. The number of aromatic nitrogens is 1. The summed E-state index contributed by atoms with van der Waals surface area (Å²) in [7, 11) is 0. The van der Waals surface area contributed by atoms with E-state index in [1.54, 1.807) is 35.7 Å². The van der Waals surface area contributed by atoms with Crippen molar-refractivity contribution < 1.29 is 14.3 Å². The van der Waals surface area contributed by atoms with Crippen molar-refractivity contribution in [3.05, 3.63) is 70.2 Å². The highest BCUT2D eigenvalue weighted by Crippen LogP contribution is 2.26. The summed E-state index contributed by atoms with van der Waals surface area (Å²) in [6, 6.07) is 16.0. The van der Waals surface area contributed by atoms with Crippen LogP contribution >= 0.6 is 22.9 Å². The third-order valence-electron chi connectivity index (χ3n) is 3.86. The van der Waals surface area contributed by atoms with Gasteiger partial charge in [-0.3, -0.25) is 9.59 Å². The smallest absolute Gasteiger partial charge is 0.311 e. The molecule has 0 fully saturated rings. The number of thiazole rings is 1. The summed E-state index contributed by atoms with van der Waals surface area (Å²) in [4.78, 5) is 28.4. The molecular formula is C21H16ClN3O3S. The van der Waals surface area contributed by atoms with Crippen LogP contribution in [0.15, 0.2) is 53.9 Å². The molecule has 0 aliphatic heterocycles. The molecule has 0 unspecified atom stereocenters. The second-order valence-electron chi connectivity index (χ2n) is 6.01. The van der Waals surface area contributed by atoms with Gasteiger partial charge in [-0.1, -0.05) is 35.9 Å². The lowest BCUT2D eigenvalue weighted by atomic mass is 10.2. The number of hydrogen-bond donors (Lipinski definition) is 1. The number of rotatable bonds is 7. The van der Waals surface area contributed by atoms with Gasteiger partial charge >= 0.3 is 5.97 Å². The van der Waals surface area contributed by atoms with Crippen molar-refractivity contribution in [2.45, 2.75) is 12.8 Å². The van der Waals surface area contributed by atoms with Gasteiger partial charge < -0.3 is 10.1 Å². The average molecular weight is 426 g/mol. The summed E-state index contributed by atoms with van der Waals surface area (Å²) in [5, 5.41) is 14.8. The Morgan fingerprint density at radius 2 is 2.03 bits per heavy atom. The molecule has 3 aromatic rings. The molecule has 8 heteroatoms. The van der Waals surface area contributed by atoms with Crippen molar-refractivity contribution in [2.75, 3.05) is 11.9 Å². The number of nitrogens with one attached hydrogen (secondary N) is 1. The van der Waals surface area contributed by atoms with E-state index in [9.17, 15) is 9.59 Å². The van der Waals surface area contributed by atoms with E-state index in [0.29, 0.717) is 22.0 Å². The van der Waals surface area contributed by atoms with Crippen LogP contribution < -0.4 is 5.32 Å². The molecule has 146 valence electrons. The summed E-state index contributed by atoms with van der Waals surface area (Å²) in [5.41, 5.74) is 2.29. The molecule has 1 amide bonds. The van der Waals surface area contributed by atoms with E-state index in [0.717, 1.165) is 10.6 Å². The Morgan fingerprint density at radius 1 is 1.21 bits per heavy atom. The molecule has 1 heterocycles. The average Bonchev–Trinajstić information content (AvgIpc) is 3.17. The largest absolute Gasteiger partial charge is 0.465 e. The minimum atomic E-state index is -0.460. The first kappa shape index (κ1) is 20.5. The Morgan fingerprint density at radius 3 is 2.83 bits per heavy atom. The summed E-state index contributed by atoms with van der Waals surface area (Å²) in [5.74, 6) is -0.796. The van der Waals surface area contributed by atoms with Gasteiger partial charge in [0.15, 0.2) is 0 Å². The van der Waals surface area contributed by atoms with Crippen LogP contribution in [0.2, 0.25) is 5.02 Å². The van der Waals surface area contributed by atoms with Crippen LogP contribution in [0, 0.1) is 11.3 Å². The predicted octanol–water partition coefficient (Wildman–Crippen LogP) is 4.45. The van der Waals surface area contributed by atoms with Gasteiger partial charge in [-0.25, -0.2) is 4.98 Å². The Bertz CT molecular complexity index is 1070. The maximum Gasteiger partial charge on any atom is 0.311 e. The SMILES string of the molecule is N#Cc1ccccc1NC(=O)CCOC(=O)Cc1csc(-c2cccc(Cl)c2)n1. The lowest BCUT2D eigenvalue weighted by Crippen LogP contribution is -2.17. The Labute approximate surface area is 176 Å². The first-order valence-electron chi connectivity index (χ1n) is 8.70. The number of ether oxygens (including phenoxy) is 1. The number of hydrogen-bond acceptors (Lipinski definition) is 6. The third-order valence-corrected chi connectivity index (χ3v) is 5.04. The van der Waals surface area contributed by atoms with Gasteiger partial charge in [0.25, 0.3) is 0 Å². The van der Waals surface area contributed by atoms with Crippen LogP contribution in [0.1, 0.15) is 17.7 Å². The molecule has 6 nitrogen and oxygen atoms in total. The molecule has 0 saturated carbocycles. The highest BCUT2D eigenvalue weighted by molar-refractivity contribution is 7.13. The van der Waals surface area contributed by atoms with E-state index in [2.05, 4.69) is 10.3 Å². The van der Waals surface area contributed by atoms with Gasteiger partial charge in [-0.2, -0.15) is 5.26 Å². The lowest BCUT2D eigenvalue weighted by Gasteiger charge is -2.07. The maximum absolute atomic E-state index is 12.0. The minimum absolute atomic E-state index is 0.00364. The molecule has 0 aliphatic carbocycles. The molecular weight excluding hydrogens is 410 g/mol. The first-order chi connectivity index (χ1) is 14.0. The fourth-order valence-electron chi connectivity index (χ4n) is 2.50. The first-order valence-corrected chi connectivity index (χ1v) is 9.96. The van der Waals surface area contributed by atoms with Gasteiger partial charge in [-0.05, 0) is 24.3 Å². The summed E-state index contributed by atoms with van der Waals surface area (Å²) >= 11 is 7.41. The van der Waals surface area contributed by atoms with Gasteiger partial charge in [0.05, 0.1) is 29.8 Å². The fraction of sp³-hybridized carbons (Fsp3) is 0.143. The Balaban J connectivity index is 1.46. The molecule has 0 atom stereocenters. The molecule has 1 N–H and O–H groups in total. The number of nitrogens with zero attached hydrogens (tertiary/aromatic N) is 2.